The van der Waals surface area contributed by atoms with Gasteiger partial charge in [-0.3, -0.25) is 0 Å². The summed E-state index contributed by atoms with van der Waals surface area (Å²) in [7, 11) is 0. The van der Waals surface area contributed by atoms with E-state index >= 15 is 0 Å². The number of fused-ring (bicyclic) bond motifs is 3. The van der Waals surface area contributed by atoms with Crippen LogP contribution in [0.5, 0.6) is 0 Å². The molecule has 3 heteroatoms. The summed E-state index contributed by atoms with van der Waals surface area (Å²) in [6.45, 7) is 10.6. The average Bonchev–Trinajstić information content (AvgIpc) is 2.48. The van der Waals surface area contributed by atoms with E-state index in [4.69, 9.17) is 5.11 Å². The monoisotopic (exact) mass is 262 g/mol. The fraction of sp³-hybridized carbons (Fsp3) is 0.625. The SMILES string of the molecule is OCCC[N+]12CC[N+](Cc3ccccc3)(CC1)CC2. The van der Waals surface area contributed by atoms with Crippen LogP contribution in [0, 0.1) is 0 Å². The summed E-state index contributed by atoms with van der Waals surface area (Å²) in [6.07, 6.45) is 0.971. The number of hydrogen-bond donors (Lipinski definition) is 1. The molecule has 0 atom stereocenters. The van der Waals surface area contributed by atoms with E-state index in [1.165, 1.54) is 66.9 Å². The highest BCUT2D eigenvalue weighted by Gasteiger charge is 2.48. The Bertz CT molecular complexity index is 393. The highest BCUT2D eigenvalue weighted by atomic mass is 16.3. The van der Waals surface area contributed by atoms with Gasteiger partial charge in [-0.15, -0.1) is 0 Å². The Labute approximate surface area is 116 Å². The van der Waals surface area contributed by atoms with Crippen molar-refractivity contribution in [3.63, 3.8) is 0 Å². The summed E-state index contributed by atoms with van der Waals surface area (Å²) < 4.78 is 2.57. The molecular weight excluding hydrogens is 236 g/mol. The van der Waals surface area contributed by atoms with Crippen LogP contribution < -0.4 is 0 Å². The number of aliphatic hydroxyl groups is 1. The number of rotatable bonds is 5. The van der Waals surface area contributed by atoms with Crippen LogP contribution in [0.2, 0.25) is 0 Å². The Hall–Kier alpha value is -0.900. The summed E-state index contributed by atoms with van der Waals surface area (Å²) >= 11 is 0. The topological polar surface area (TPSA) is 20.2 Å². The molecule has 0 unspecified atom stereocenters. The number of nitrogens with zero attached hydrogens (tertiary/aromatic N) is 2. The minimum Gasteiger partial charge on any atom is -0.396 e. The highest BCUT2D eigenvalue weighted by molar-refractivity contribution is 5.13. The Kier molecular flexibility index (Phi) is 3.61. The summed E-state index contributed by atoms with van der Waals surface area (Å²) in [5.41, 5.74) is 1.49. The van der Waals surface area contributed by atoms with Crippen molar-refractivity contribution in [2.45, 2.75) is 13.0 Å². The van der Waals surface area contributed by atoms with Gasteiger partial charge in [0.05, 0.1) is 6.54 Å². The van der Waals surface area contributed by atoms with Gasteiger partial charge in [0.1, 0.15) is 45.8 Å². The molecule has 3 saturated heterocycles. The second kappa shape index (κ2) is 5.23. The molecule has 104 valence electrons. The van der Waals surface area contributed by atoms with Crippen LogP contribution in [-0.2, 0) is 6.54 Å². The number of quaternary nitrogens is 2. The van der Waals surface area contributed by atoms with E-state index in [-0.39, 0.29) is 0 Å². The first-order chi connectivity index (χ1) is 9.26. The average molecular weight is 262 g/mol. The molecule has 3 aliphatic heterocycles. The number of aliphatic hydroxyl groups excluding tert-OH is 1. The van der Waals surface area contributed by atoms with Gasteiger partial charge in [0.15, 0.2) is 0 Å². The molecule has 19 heavy (non-hydrogen) atoms. The summed E-state index contributed by atoms with van der Waals surface area (Å²) in [5, 5.41) is 9.05. The molecule has 0 amide bonds. The molecule has 4 rings (SSSR count). The second-order valence-corrected chi connectivity index (χ2v) is 6.47. The van der Waals surface area contributed by atoms with Crippen LogP contribution in [0.4, 0.5) is 0 Å². The first-order valence-electron chi connectivity index (χ1n) is 7.61. The molecule has 0 radical (unpaired) electrons. The number of hydrogen-bond acceptors (Lipinski definition) is 1. The van der Waals surface area contributed by atoms with Crippen LogP contribution in [0.25, 0.3) is 0 Å². The molecule has 3 heterocycles. The van der Waals surface area contributed by atoms with E-state index in [1.54, 1.807) is 0 Å². The van der Waals surface area contributed by atoms with Crippen molar-refractivity contribution < 1.29 is 14.1 Å². The molecule has 0 aliphatic carbocycles. The predicted molar refractivity (Wildman–Crippen MR) is 76.4 cm³/mol. The third-order valence-corrected chi connectivity index (χ3v) is 5.30. The first kappa shape index (κ1) is 13.1. The fourth-order valence-corrected chi connectivity index (χ4v) is 3.89. The summed E-state index contributed by atoms with van der Waals surface area (Å²) in [6, 6.07) is 11.0. The van der Waals surface area contributed by atoms with E-state index in [9.17, 15) is 0 Å². The molecule has 1 aromatic carbocycles. The van der Waals surface area contributed by atoms with Crippen LogP contribution in [0.15, 0.2) is 30.3 Å². The van der Waals surface area contributed by atoms with E-state index in [0.717, 1.165) is 6.42 Å². The van der Waals surface area contributed by atoms with Gasteiger partial charge >= 0.3 is 0 Å². The van der Waals surface area contributed by atoms with Crippen molar-refractivity contribution in [2.75, 3.05) is 52.4 Å². The quantitative estimate of drug-likeness (QED) is 0.791. The van der Waals surface area contributed by atoms with E-state index < -0.39 is 0 Å². The van der Waals surface area contributed by atoms with Gasteiger partial charge in [0, 0.05) is 18.6 Å². The molecule has 3 aliphatic rings. The molecule has 0 aromatic heterocycles. The van der Waals surface area contributed by atoms with Crippen molar-refractivity contribution >= 4 is 0 Å². The first-order valence-corrected chi connectivity index (χ1v) is 7.61. The van der Waals surface area contributed by atoms with Gasteiger partial charge in [-0.05, 0) is 0 Å². The molecule has 3 nitrogen and oxygen atoms in total. The largest absolute Gasteiger partial charge is 0.396 e. The zero-order chi connectivity index (χ0) is 13.2. The Balaban J connectivity index is 1.64. The van der Waals surface area contributed by atoms with Crippen molar-refractivity contribution in [3.05, 3.63) is 35.9 Å². The molecule has 3 fully saturated rings. The van der Waals surface area contributed by atoms with E-state index in [1.807, 2.05) is 0 Å². The van der Waals surface area contributed by atoms with E-state index in [2.05, 4.69) is 30.3 Å². The van der Waals surface area contributed by atoms with Crippen molar-refractivity contribution in [1.29, 1.82) is 0 Å². The number of benzene rings is 1. The molecule has 0 saturated carbocycles. The van der Waals surface area contributed by atoms with Gasteiger partial charge in [0.25, 0.3) is 0 Å². The second-order valence-electron chi connectivity index (χ2n) is 6.47. The fourth-order valence-electron chi connectivity index (χ4n) is 3.89. The maximum Gasteiger partial charge on any atom is 0.129 e. The lowest BCUT2D eigenvalue weighted by Crippen LogP contribution is -2.74. The van der Waals surface area contributed by atoms with Crippen LogP contribution in [0.3, 0.4) is 0 Å². The minimum absolute atomic E-state index is 0.351. The van der Waals surface area contributed by atoms with Crippen LogP contribution in [0.1, 0.15) is 12.0 Å². The third-order valence-electron chi connectivity index (χ3n) is 5.30. The minimum atomic E-state index is 0.351. The van der Waals surface area contributed by atoms with Crippen LogP contribution in [-0.4, -0.2) is 66.5 Å². The third kappa shape index (κ3) is 2.69. The normalized spacial score (nSPS) is 33.5. The van der Waals surface area contributed by atoms with Crippen molar-refractivity contribution in [3.8, 4) is 0 Å². The lowest BCUT2D eigenvalue weighted by molar-refractivity contribution is -1.09. The smallest absolute Gasteiger partial charge is 0.129 e. The lowest BCUT2D eigenvalue weighted by Gasteiger charge is -2.55. The zero-order valence-electron chi connectivity index (χ0n) is 11.8. The maximum atomic E-state index is 9.05. The van der Waals surface area contributed by atoms with Crippen molar-refractivity contribution in [2.24, 2.45) is 0 Å². The van der Waals surface area contributed by atoms with Gasteiger partial charge < -0.3 is 14.1 Å². The lowest BCUT2D eigenvalue weighted by atomic mass is 10.0. The van der Waals surface area contributed by atoms with Gasteiger partial charge in [-0.25, -0.2) is 0 Å². The molecule has 1 N–H and O–H groups in total. The summed E-state index contributed by atoms with van der Waals surface area (Å²) in [4.78, 5) is 0. The Morgan fingerprint density at radius 1 is 0.842 bits per heavy atom. The molecule has 2 bridgehead atoms. The zero-order valence-corrected chi connectivity index (χ0v) is 11.8. The molecule has 1 aromatic rings. The van der Waals surface area contributed by atoms with Crippen molar-refractivity contribution in [1.82, 2.24) is 0 Å². The summed E-state index contributed by atoms with van der Waals surface area (Å²) in [5.74, 6) is 0. The standard InChI is InChI=1S/C16H26N2O/c19-14-4-7-17-8-11-18(12-9-17,13-10-17)15-16-5-2-1-3-6-16/h1-3,5-6,19H,4,7-15H2/q+2. The van der Waals surface area contributed by atoms with Crippen LogP contribution >= 0.6 is 0 Å². The van der Waals surface area contributed by atoms with Gasteiger partial charge in [-0.1, -0.05) is 30.3 Å². The van der Waals surface area contributed by atoms with Gasteiger partial charge in [0.2, 0.25) is 0 Å². The Morgan fingerprint density at radius 3 is 2.00 bits per heavy atom. The molecule has 0 spiro atoms. The Morgan fingerprint density at radius 2 is 1.42 bits per heavy atom. The number of piperazine rings is 3. The van der Waals surface area contributed by atoms with E-state index in [0.29, 0.717) is 6.61 Å². The molecular formula is C16H26N2O+2. The highest BCUT2D eigenvalue weighted by Crippen LogP contribution is 2.29. The predicted octanol–water partition coefficient (Wildman–Crippen LogP) is 1.23. The van der Waals surface area contributed by atoms with Gasteiger partial charge in [-0.2, -0.15) is 0 Å². The maximum absolute atomic E-state index is 9.05.